The number of carbonyl (C=O) groups is 1. The second kappa shape index (κ2) is 6.33. The summed E-state index contributed by atoms with van der Waals surface area (Å²) < 4.78 is 2.04. The molecule has 132 valence electrons. The first-order valence-corrected chi connectivity index (χ1v) is 8.81. The molecule has 2 heterocycles. The standard InChI is InChI=1S/C21H22N4O/c1-13-7-6-9-17-20(13)15(12-22-17)11-19(26)23-14(2)21-24-16-8-4-5-10-18(16)25(21)3/h4-10,12,14,22H,11H2,1-3H3,(H,23,26). The van der Waals surface area contributed by atoms with Crippen molar-refractivity contribution in [1.29, 1.82) is 0 Å². The van der Waals surface area contributed by atoms with Gasteiger partial charge >= 0.3 is 0 Å². The lowest BCUT2D eigenvalue weighted by atomic mass is 10.1. The molecule has 0 aliphatic rings. The number of hydrogen-bond acceptors (Lipinski definition) is 2. The molecule has 1 unspecified atom stereocenters. The molecule has 0 fully saturated rings. The van der Waals surface area contributed by atoms with Crippen LogP contribution in [0.1, 0.15) is 29.9 Å². The fourth-order valence-electron chi connectivity index (χ4n) is 3.67. The van der Waals surface area contributed by atoms with Crippen LogP contribution in [0.2, 0.25) is 0 Å². The molecule has 2 aromatic heterocycles. The molecule has 1 atom stereocenters. The number of carbonyl (C=O) groups excluding carboxylic acids is 1. The summed E-state index contributed by atoms with van der Waals surface area (Å²) in [6.07, 6.45) is 2.27. The van der Waals surface area contributed by atoms with Crippen LogP contribution in [0.25, 0.3) is 21.9 Å². The SMILES string of the molecule is Cc1cccc2[nH]cc(CC(=O)NC(C)c3nc4ccccc4n3C)c12. The molecule has 0 saturated heterocycles. The Bertz CT molecular complexity index is 1110. The van der Waals surface area contributed by atoms with Crippen molar-refractivity contribution in [2.75, 3.05) is 0 Å². The van der Waals surface area contributed by atoms with E-state index in [-0.39, 0.29) is 11.9 Å². The monoisotopic (exact) mass is 346 g/mol. The van der Waals surface area contributed by atoms with E-state index in [4.69, 9.17) is 0 Å². The van der Waals surface area contributed by atoms with Gasteiger partial charge in [0.1, 0.15) is 5.82 Å². The molecule has 5 heteroatoms. The van der Waals surface area contributed by atoms with Crippen molar-refractivity contribution in [1.82, 2.24) is 19.9 Å². The van der Waals surface area contributed by atoms with Gasteiger partial charge in [0.2, 0.25) is 5.91 Å². The fourth-order valence-corrected chi connectivity index (χ4v) is 3.67. The third-order valence-electron chi connectivity index (χ3n) is 4.93. The number of H-pyrrole nitrogens is 1. The van der Waals surface area contributed by atoms with Gasteiger partial charge in [-0.05, 0) is 43.2 Å². The molecule has 0 radical (unpaired) electrons. The molecule has 0 aliphatic heterocycles. The molecule has 0 bridgehead atoms. The van der Waals surface area contributed by atoms with Crippen molar-refractivity contribution in [2.45, 2.75) is 26.3 Å². The summed E-state index contributed by atoms with van der Waals surface area (Å²) in [7, 11) is 1.98. The van der Waals surface area contributed by atoms with Gasteiger partial charge in [-0.1, -0.05) is 24.3 Å². The van der Waals surface area contributed by atoms with Crippen molar-refractivity contribution in [3.63, 3.8) is 0 Å². The van der Waals surface area contributed by atoms with E-state index in [2.05, 4.69) is 28.3 Å². The van der Waals surface area contributed by atoms with Crippen molar-refractivity contribution < 1.29 is 4.79 Å². The van der Waals surface area contributed by atoms with Gasteiger partial charge in [0.25, 0.3) is 0 Å². The number of aromatic amines is 1. The lowest BCUT2D eigenvalue weighted by Crippen LogP contribution is -2.29. The molecule has 2 N–H and O–H groups in total. The first kappa shape index (κ1) is 16.4. The van der Waals surface area contributed by atoms with Gasteiger partial charge in [-0.2, -0.15) is 0 Å². The van der Waals surface area contributed by atoms with Gasteiger partial charge in [-0.25, -0.2) is 4.98 Å². The predicted octanol–water partition coefficient (Wildman–Crippen LogP) is 3.78. The summed E-state index contributed by atoms with van der Waals surface area (Å²) in [6.45, 7) is 4.04. The molecule has 2 aromatic carbocycles. The van der Waals surface area contributed by atoms with Crippen molar-refractivity contribution >= 4 is 27.8 Å². The molecular formula is C21H22N4O. The van der Waals surface area contributed by atoms with E-state index < -0.39 is 0 Å². The first-order chi connectivity index (χ1) is 12.5. The predicted molar refractivity (Wildman–Crippen MR) is 104 cm³/mol. The number of nitrogens with one attached hydrogen (secondary N) is 2. The number of fused-ring (bicyclic) bond motifs is 2. The highest BCUT2D eigenvalue weighted by molar-refractivity contribution is 5.91. The van der Waals surface area contributed by atoms with E-state index in [0.29, 0.717) is 6.42 Å². The molecular weight excluding hydrogens is 324 g/mol. The van der Waals surface area contributed by atoms with Crippen LogP contribution in [0.3, 0.4) is 0 Å². The molecule has 1 amide bonds. The van der Waals surface area contributed by atoms with Gasteiger partial charge in [0, 0.05) is 24.1 Å². The zero-order valence-electron chi connectivity index (χ0n) is 15.2. The molecule has 4 rings (SSSR count). The second-order valence-electron chi connectivity index (χ2n) is 6.80. The largest absolute Gasteiger partial charge is 0.361 e. The number of nitrogens with zero attached hydrogens (tertiary/aromatic N) is 2. The highest BCUT2D eigenvalue weighted by atomic mass is 16.1. The minimum Gasteiger partial charge on any atom is -0.361 e. The number of para-hydroxylation sites is 2. The second-order valence-corrected chi connectivity index (χ2v) is 6.80. The summed E-state index contributed by atoms with van der Waals surface area (Å²) in [6, 6.07) is 14.0. The topological polar surface area (TPSA) is 62.7 Å². The normalized spacial score (nSPS) is 12.6. The van der Waals surface area contributed by atoms with E-state index in [1.807, 2.05) is 61.1 Å². The zero-order valence-corrected chi connectivity index (χ0v) is 15.2. The van der Waals surface area contributed by atoms with Crippen LogP contribution in [-0.2, 0) is 18.3 Å². The van der Waals surface area contributed by atoms with Crippen LogP contribution in [-0.4, -0.2) is 20.4 Å². The van der Waals surface area contributed by atoms with Gasteiger partial charge in [0.05, 0.1) is 23.5 Å². The Morgan fingerprint density at radius 3 is 2.85 bits per heavy atom. The zero-order chi connectivity index (χ0) is 18.3. The molecule has 5 nitrogen and oxygen atoms in total. The van der Waals surface area contributed by atoms with Crippen LogP contribution in [0.15, 0.2) is 48.7 Å². The van der Waals surface area contributed by atoms with Crippen molar-refractivity contribution in [2.24, 2.45) is 7.05 Å². The lowest BCUT2D eigenvalue weighted by Gasteiger charge is -2.14. The van der Waals surface area contributed by atoms with Crippen LogP contribution < -0.4 is 5.32 Å². The van der Waals surface area contributed by atoms with Gasteiger partial charge in [0.15, 0.2) is 0 Å². The Balaban J connectivity index is 1.54. The van der Waals surface area contributed by atoms with Crippen LogP contribution in [0, 0.1) is 6.92 Å². The summed E-state index contributed by atoms with van der Waals surface area (Å²) in [5, 5.41) is 4.22. The minimum atomic E-state index is -0.161. The average Bonchev–Trinajstić information content (AvgIpc) is 3.18. The molecule has 0 spiro atoms. The maximum atomic E-state index is 12.6. The molecule has 0 aliphatic carbocycles. The number of amides is 1. The smallest absolute Gasteiger partial charge is 0.225 e. The quantitative estimate of drug-likeness (QED) is 0.591. The van der Waals surface area contributed by atoms with Gasteiger partial charge in [-0.3, -0.25) is 4.79 Å². The third-order valence-corrected chi connectivity index (χ3v) is 4.93. The maximum Gasteiger partial charge on any atom is 0.225 e. The van der Waals surface area contributed by atoms with E-state index in [1.54, 1.807) is 0 Å². The minimum absolute atomic E-state index is 0.00582. The van der Waals surface area contributed by atoms with Gasteiger partial charge < -0.3 is 14.9 Å². The first-order valence-electron chi connectivity index (χ1n) is 8.81. The summed E-state index contributed by atoms with van der Waals surface area (Å²) in [4.78, 5) is 20.5. The summed E-state index contributed by atoms with van der Waals surface area (Å²) >= 11 is 0. The van der Waals surface area contributed by atoms with E-state index in [9.17, 15) is 4.79 Å². The van der Waals surface area contributed by atoms with Crippen LogP contribution in [0.5, 0.6) is 0 Å². The molecule has 26 heavy (non-hydrogen) atoms. The summed E-state index contributed by atoms with van der Waals surface area (Å²) in [5.41, 5.74) is 5.27. The highest BCUT2D eigenvalue weighted by Crippen LogP contribution is 2.23. The summed E-state index contributed by atoms with van der Waals surface area (Å²) in [5.74, 6) is 0.850. The maximum absolute atomic E-state index is 12.6. The molecule has 4 aromatic rings. The Labute approximate surface area is 152 Å². The number of imidazole rings is 1. The van der Waals surface area contributed by atoms with Crippen LogP contribution >= 0.6 is 0 Å². The van der Waals surface area contributed by atoms with Crippen LogP contribution in [0.4, 0.5) is 0 Å². The van der Waals surface area contributed by atoms with Crippen molar-refractivity contribution in [3.05, 3.63) is 65.6 Å². The number of aryl methyl sites for hydroxylation is 2. The Morgan fingerprint density at radius 1 is 1.23 bits per heavy atom. The molecule has 0 saturated carbocycles. The third kappa shape index (κ3) is 2.75. The number of benzene rings is 2. The average molecular weight is 346 g/mol. The number of rotatable bonds is 4. The van der Waals surface area contributed by atoms with Crippen molar-refractivity contribution in [3.8, 4) is 0 Å². The highest BCUT2D eigenvalue weighted by Gasteiger charge is 2.17. The van der Waals surface area contributed by atoms with E-state index in [1.165, 1.54) is 5.56 Å². The fraction of sp³-hybridized carbons (Fsp3) is 0.238. The Hall–Kier alpha value is -3.08. The van der Waals surface area contributed by atoms with Gasteiger partial charge in [-0.15, -0.1) is 0 Å². The van der Waals surface area contributed by atoms with E-state index >= 15 is 0 Å². The van der Waals surface area contributed by atoms with E-state index in [0.717, 1.165) is 33.3 Å². The Kier molecular flexibility index (Phi) is 3.99. The number of aromatic nitrogens is 3. The number of hydrogen-bond donors (Lipinski definition) is 2. The Morgan fingerprint density at radius 2 is 2.04 bits per heavy atom. The lowest BCUT2D eigenvalue weighted by molar-refractivity contribution is -0.121.